The van der Waals surface area contributed by atoms with Gasteiger partial charge in [-0.2, -0.15) is 0 Å². The Bertz CT molecular complexity index is 435. The Balaban J connectivity index is 2.41. The van der Waals surface area contributed by atoms with Crippen molar-refractivity contribution in [1.82, 2.24) is 0 Å². The number of hydrogen-bond donors (Lipinski definition) is 1. The predicted octanol–water partition coefficient (Wildman–Crippen LogP) is 2.36. The number of aliphatic hydroxyl groups excluding tert-OH is 1. The van der Waals surface area contributed by atoms with Gasteiger partial charge in [0.25, 0.3) is 0 Å². The fraction of sp³-hybridized carbons (Fsp3) is 0.167. The van der Waals surface area contributed by atoms with Gasteiger partial charge in [-0.05, 0) is 23.8 Å². The van der Waals surface area contributed by atoms with E-state index < -0.39 is 6.29 Å². The molecule has 0 aliphatic heterocycles. The van der Waals surface area contributed by atoms with Crippen LogP contribution in [0.1, 0.15) is 6.92 Å². The molecule has 0 amide bonds. The molecule has 0 aliphatic carbocycles. The van der Waals surface area contributed by atoms with Crippen LogP contribution in [-0.4, -0.2) is 11.4 Å². The van der Waals surface area contributed by atoms with Crippen LogP contribution in [0.2, 0.25) is 0 Å². The maximum atomic E-state index is 9.04. The molecule has 0 bridgehead atoms. The minimum absolute atomic E-state index is 0.568. The normalized spacial score (nSPS) is 12.7. The summed E-state index contributed by atoms with van der Waals surface area (Å²) in [7, 11) is 0. The fourth-order valence-corrected chi connectivity index (χ4v) is 1.35. The van der Waals surface area contributed by atoms with Crippen molar-refractivity contribution in [1.29, 1.82) is 0 Å². The summed E-state index contributed by atoms with van der Waals surface area (Å²) in [5.41, 5.74) is 0. The van der Waals surface area contributed by atoms with Crippen molar-refractivity contribution < 1.29 is 9.84 Å². The van der Waals surface area contributed by atoms with E-state index in [1.807, 2.05) is 30.3 Å². The zero-order chi connectivity index (χ0) is 9.97. The van der Waals surface area contributed by atoms with Gasteiger partial charge in [-0.1, -0.05) is 30.3 Å². The summed E-state index contributed by atoms with van der Waals surface area (Å²) in [6, 6.07) is 14.7. The van der Waals surface area contributed by atoms with Crippen LogP contribution in [0.15, 0.2) is 36.4 Å². The predicted molar refractivity (Wildman–Crippen MR) is 55.1 cm³/mol. The van der Waals surface area contributed by atoms with Gasteiger partial charge in [-0.25, -0.2) is 0 Å². The molecule has 0 heterocycles. The summed E-state index contributed by atoms with van der Waals surface area (Å²) in [5.74, 6) is 0.568. The summed E-state index contributed by atoms with van der Waals surface area (Å²) in [4.78, 5) is 0. The van der Waals surface area contributed by atoms with Gasteiger partial charge >= 0.3 is 0 Å². The van der Waals surface area contributed by atoms with Crippen LogP contribution in [0.5, 0.6) is 5.75 Å². The molecule has 0 saturated heterocycles. The lowest BCUT2D eigenvalue weighted by Crippen LogP contribution is -2.09. The zero-order valence-electron chi connectivity index (χ0n) is 7.90. The van der Waals surface area contributed by atoms with E-state index in [2.05, 4.69) is 6.07 Å². The molecular formula is C12H11O2. The smallest absolute Gasteiger partial charge is 0.194 e. The van der Waals surface area contributed by atoms with Crippen LogP contribution in [0.4, 0.5) is 0 Å². The first-order valence-electron chi connectivity index (χ1n) is 4.51. The van der Waals surface area contributed by atoms with Crippen LogP contribution in [0.3, 0.4) is 0 Å². The summed E-state index contributed by atoms with van der Waals surface area (Å²) < 4.78 is 5.12. The third-order valence-corrected chi connectivity index (χ3v) is 1.93. The van der Waals surface area contributed by atoms with E-state index in [9.17, 15) is 0 Å². The lowest BCUT2D eigenvalue weighted by molar-refractivity contribution is -0.000376. The van der Waals surface area contributed by atoms with Gasteiger partial charge in [0.1, 0.15) is 5.75 Å². The van der Waals surface area contributed by atoms with E-state index in [0.717, 1.165) is 10.8 Å². The molecule has 0 spiro atoms. The van der Waals surface area contributed by atoms with Crippen molar-refractivity contribution in [2.24, 2.45) is 0 Å². The molecule has 2 heteroatoms. The number of benzene rings is 2. The molecule has 0 saturated carbocycles. The van der Waals surface area contributed by atoms with Crippen molar-refractivity contribution in [3.63, 3.8) is 0 Å². The second-order valence-corrected chi connectivity index (χ2v) is 3.13. The van der Waals surface area contributed by atoms with Crippen molar-refractivity contribution in [3.05, 3.63) is 42.5 Å². The monoisotopic (exact) mass is 187 g/mol. The molecular weight excluding hydrogens is 176 g/mol. The minimum Gasteiger partial charge on any atom is -0.465 e. The van der Waals surface area contributed by atoms with Gasteiger partial charge in [0, 0.05) is 6.07 Å². The molecule has 14 heavy (non-hydrogen) atoms. The highest BCUT2D eigenvalue weighted by Crippen LogP contribution is 2.20. The summed E-state index contributed by atoms with van der Waals surface area (Å²) in [6.07, 6.45) is -0.799. The Hall–Kier alpha value is -1.54. The molecule has 1 radical (unpaired) electrons. The summed E-state index contributed by atoms with van der Waals surface area (Å²) >= 11 is 0. The molecule has 2 nitrogen and oxygen atoms in total. The van der Waals surface area contributed by atoms with E-state index >= 15 is 0 Å². The molecule has 1 N–H and O–H groups in total. The first-order chi connectivity index (χ1) is 6.75. The van der Waals surface area contributed by atoms with Crippen molar-refractivity contribution >= 4 is 10.8 Å². The SMILES string of the molecule is CC(O)Oc1[c]c2ccccc2cc1. The highest BCUT2D eigenvalue weighted by atomic mass is 16.6. The van der Waals surface area contributed by atoms with Crippen LogP contribution in [0.25, 0.3) is 10.8 Å². The van der Waals surface area contributed by atoms with Crippen molar-refractivity contribution in [2.75, 3.05) is 0 Å². The number of aliphatic hydroxyl groups is 1. The average molecular weight is 187 g/mol. The topological polar surface area (TPSA) is 29.5 Å². The van der Waals surface area contributed by atoms with Crippen LogP contribution >= 0.6 is 0 Å². The third-order valence-electron chi connectivity index (χ3n) is 1.93. The van der Waals surface area contributed by atoms with E-state index in [0.29, 0.717) is 5.75 Å². The quantitative estimate of drug-likeness (QED) is 0.731. The third kappa shape index (κ3) is 1.86. The Morgan fingerprint density at radius 3 is 2.79 bits per heavy atom. The van der Waals surface area contributed by atoms with E-state index in [1.54, 1.807) is 13.0 Å². The Kier molecular flexibility index (Phi) is 2.37. The first kappa shape index (κ1) is 9.03. The zero-order valence-corrected chi connectivity index (χ0v) is 7.90. The number of ether oxygens (including phenoxy) is 1. The van der Waals surface area contributed by atoms with Crippen molar-refractivity contribution in [3.8, 4) is 5.75 Å². The van der Waals surface area contributed by atoms with Crippen molar-refractivity contribution in [2.45, 2.75) is 13.2 Å². The fourth-order valence-electron chi connectivity index (χ4n) is 1.35. The highest BCUT2D eigenvalue weighted by Gasteiger charge is 2.00. The van der Waals surface area contributed by atoms with Gasteiger partial charge in [-0.15, -0.1) is 0 Å². The van der Waals surface area contributed by atoms with E-state index in [-0.39, 0.29) is 0 Å². The van der Waals surface area contributed by atoms with Gasteiger partial charge in [0.2, 0.25) is 0 Å². The molecule has 0 aliphatic rings. The molecule has 1 atom stereocenters. The number of hydrogen-bond acceptors (Lipinski definition) is 2. The number of rotatable bonds is 2. The standard InChI is InChI=1S/C12H11O2/c1-9(13)14-12-7-6-10-4-2-3-5-11(10)8-12/h2-7,9,13H,1H3. The number of fused-ring (bicyclic) bond motifs is 1. The largest absolute Gasteiger partial charge is 0.465 e. The summed E-state index contributed by atoms with van der Waals surface area (Å²) in [6.45, 7) is 1.57. The Morgan fingerprint density at radius 1 is 1.21 bits per heavy atom. The Labute approximate surface area is 82.8 Å². The van der Waals surface area contributed by atoms with E-state index in [1.165, 1.54) is 0 Å². The average Bonchev–Trinajstić information content (AvgIpc) is 2.17. The summed E-state index contributed by atoms with van der Waals surface area (Å²) in [5, 5.41) is 11.1. The van der Waals surface area contributed by atoms with Crippen LogP contribution in [-0.2, 0) is 0 Å². The van der Waals surface area contributed by atoms with Gasteiger partial charge in [0.15, 0.2) is 6.29 Å². The van der Waals surface area contributed by atoms with E-state index in [4.69, 9.17) is 9.84 Å². The molecule has 0 fully saturated rings. The molecule has 0 aromatic heterocycles. The second kappa shape index (κ2) is 3.68. The minimum atomic E-state index is -0.799. The van der Waals surface area contributed by atoms with Gasteiger partial charge in [0.05, 0.1) is 0 Å². The molecule has 2 rings (SSSR count). The lowest BCUT2D eigenvalue weighted by atomic mass is 10.1. The second-order valence-electron chi connectivity index (χ2n) is 3.13. The molecule has 71 valence electrons. The maximum Gasteiger partial charge on any atom is 0.194 e. The lowest BCUT2D eigenvalue weighted by Gasteiger charge is -2.08. The van der Waals surface area contributed by atoms with Gasteiger partial charge < -0.3 is 9.84 Å². The first-order valence-corrected chi connectivity index (χ1v) is 4.51. The maximum absolute atomic E-state index is 9.04. The molecule has 1 unspecified atom stereocenters. The van der Waals surface area contributed by atoms with Crippen LogP contribution in [0, 0.1) is 6.07 Å². The van der Waals surface area contributed by atoms with Gasteiger partial charge in [-0.3, -0.25) is 0 Å². The van der Waals surface area contributed by atoms with Crippen LogP contribution < -0.4 is 4.74 Å². The molecule has 2 aromatic carbocycles. The Morgan fingerprint density at radius 2 is 2.00 bits per heavy atom. The highest BCUT2D eigenvalue weighted by molar-refractivity contribution is 5.83. The molecule has 2 aromatic rings.